The van der Waals surface area contributed by atoms with Gasteiger partial charge in [0.15, 0.2) is 0 Å². The third kappa shape index (κ3) is 1.56. The molecule has 13 heavy (non-hydrogen) atoms. The normalized spacial score (nSPS) is 22.2. The zero-order valence-corrected chi connectivity index (χ0v) is 7.41. The first-order valence-electron chi connectivity index (χ1n) is 4.21. The number of hydrogen-bond acceptors (Lipinski definition) is 2. The van der Waals surface area contributed by atoms with Crippen molar-refractivity contribution in [1.82, 2.24) is 0 Å². The van der Waals surface area contributed by atoms with Crippen molar-refractivity contribution in [3.05, 3.63) is 52.8 Å². The van der Waals surface area contributed by atoms with E-state index in [4.69, 9.17) is 4.74 Å². The molecule has 1 aliphatic carbocycles. The van der Waals surface area contributed by atoms with E-state index in [1.54, 1.807) is 19.6 Å². The molecule has 0 amide bonds. The first kappa shape index (κ1) is 8.29. The van der Waals surface area contributed by atoms with Gasteiger partial charge in [-0.25, -0.2) is 0 Å². The number of hydrogen-bond donors (Lipinski definition) is 1. The molecule has 0 aromatic rings. The lowest BCUT2D eigenvalue weighted by Gasteiger charge is -2.22. The predicted molar refractivity (Wildman–Crippen MR) is 49.3 cm³/mol. The molecule has 0 saturated carbocycles. The van der Waals surface area contributed by atoms with Gasteiger partial charge in [0.05, 0.1) is 19.6 Å². The van der Waals surface area contributed by atoms with Gasteiger partial charge < -0.3 is 15.0 Å². The maximum atomic E-state index is 11.1. The van der Waals surface area contributed by atoms with Crippen molar-refractivity contribution in [2.75, 3.05) is 7.05 Å². The largest absolute Gasteiger partial charge is 0.629 e. The Morgan fingerprint density at radius 3 is 3.15 bits per heavy atom. The van der Waals surface area contributed by atoms with Crippen LogP contribution >= 0.6 is 0 Å². The van der Waals surface area contributed by atoms with E-state index in [1.165, 1.54) is 0 Å². The first-order valence-corrected chi connectivity index (χ1v) is 4.21. The van der Waals surface area contributed by atoms with E-state index in [9.17, 15) is 5.21 Å². The summed E-state index contributed by atoms with van der Waals surface area (Å²) >= 11 is 0. The van der Waals surface area contributed by atoms with Gasteiger partial charge in [-0.1, -0.05) is 0 Å². The summed E-state index contributed by atoms with van der Waals surface area (Å²) in [7, 11) is 1.58. The Morgan fingerprint density at radius 1 is 1.54 bits per heavy atom. The summed E-state index contributed by atoms with van der Waals surface area (Å²) in [5.74, 6) is 0. The number of likely N-dealkylation sites (N-methyl/N-ethyl adjacent to an activating group) is 1. The van der Waals surface area contributed by atoms with Crippen molar-refractivity contribution < 1.29 is 9.80 Å². The molecule has 0 saturated heterocycles. The second kappa shape index (κ2) is 3.20. The molecule has 2 aliphatic rings. The van der Waals surface area contributed by atoms with E-state index in [0.29, 0.717) is 0 Å². The molecule has 0 bridgehead atoms. The number of rotatable bonds is 1. The Labute approximate surface area is 76.9 Å². The van der Waals surface area contributed by atoms with E-state index in [0.717, 1.165) is 23.3 Å². The monoisotopic (exact) mass is 177 g/mol. The molecule has 0 fully saturated rings. The van der Waals surface area contributed by atoms with Gasteiger partial charge in [-0.2, -0.15) is 0 Å². The molecule has 3 nitrogen and oxygen atoms in total. The van der Waals surface area contributed by atoms with Crippen molar-refractivity contribution in [1.29, 1.82) is 0 Å². The summed E-state index contributed by atoms with van der Waals surface area (Å²) in [5.41, 5.74) is 3.00. The van der Waals surface area contributed by atoms with Crippen LogP contribution in [0.5, 0.6) is 0 Å². The van der Waals surface area contributed by atoms with E-state index in [2.05, 4.69) is 0 Å². The minimum Gasteiger partial charge on any atom is -0.629 e. The van der Waals surface area contributed by atoms with E-state index in [1.807, 2.05) is 18.2 Å². The lowest BCUT2D eigenvalue weighted by Crippen LogP contribution is -3.01. The Morgan fingerprint density at radius 2 is 2.38 bits per heavy atom. The second-order valence-electron chi connectivity index (χ2n) is 3.10. The molecule has 1 unspecified atom stereocenters. The van der Waals surface area contributed by atoms with Crippen molar-refractivity contribution in [3.8, 4) is 0 Å². The van der Waals surface area contributed by atoms with Crippen molar-refractivity contribution in [3.63, 3.8) is 0 Å². The molecule has 68 valence electrons. The zero-order valence-electron chi connectivity index (χ0n) is 7.41. The highest BCUT2D eigenvalue weighted by atomic mass is 16.5. The highest BCUT2D eigenvalue weighted by molar-refractivity contribution is 5.47. The van der Waals surface area contributed by atoms with Gasteiger partial charge in [0.1, 0.15) is 5.70 Å². The van der Waals surface area contributed by atoms with Gasteiger partial charge >= 0.3 is 0 Å². The maximum absolute atomic E-state index is 11.1. The minimum absolute atomic E-state index is 0.117. The highest BCUT2D eigenvalue weighted by Gasteiger charge is 2.13. The summed E-state index contributed by atoms with van der Waals surface area (Å²) in [6, 6.07) is 0. The molecular formula is C10H11NO2. The molecule has 1 N–H and O–H groups in total. The molecule has 0 spiro atoms. The number of ether oxygens (including phenoxy) is 1. The van der Waals surface area contributed by atoms with Crippen LogP contribution in [0.2, 0.25) is 0 Å². The molecule has 1 atom stereocenters. The standard InChI is InChI=1S/C10H11NO2/c1-11(12)10-3-2-9-7-13-5-4-8(9)6-10/h3-7,11H,2H2,1H3. The number of fused-ring (bicyclic) bond motifs is 1. The van der Waals surface area contributed by atoms with Crippen LogP contribution in [0.25, 0.3) is 0 Å². The van der Waals surface area contributed by atoms with Crippen LogP contribution in [0, 0.1) is 5.21 Å². The Hall–Kier alpha value is -1.32. The zero-order chi connectivity index (χ0) is 9.26. The number of nitrogens with one attached hydrogen (secondary N) is 1. The highest BCUT2D eigenvalue weighted by Crippen LogP contribution is 2.24. The Balaban J connectivity index is 2.29. The van der Waals surface area contributed by atoms with Gasteiger partial charge in [0.25, 0.3) is 0 Å². The fourth-order valence-corrected chi connectivity index (χ4v) is 1.41. The molecule has 0 radical (unpaired) electrons. The lowest BCUT2D eigenvalue weighted by molar-refractivity contribution is -0.779. The van der Waals surface area contributed by atoms with E-state index < -0.39 is 0 Å². The van der Waals surface area contributed by atoms with Crippen LogP contribution in [0.3, 0.4) is 0 Å². The molecule has 1 aliphatic heterocycles. The van der Waals surface area contributed by atoms with Gasteiger partial charge in [-0.15, -0.1) is 0 Å². The number of quaternary nitrogens is 1. The summed E-state index contributed by atoms with van der Waals surface area (Å²) in [6.07, 6.45) is 9.84. The smallest absolute Gasteiger partial charge is 0.127 e. The Kier molecular flexibility index (Phi) is 2.04. The van der Waals surface area contributed by atoms with Crippen LogP contribution < -0.4 is 5.06 Å². The van der Waals surface area contributed by atoms with Crippen LogP contribution in [0.4, 0.5) is 0 Å². The third-order valence-corrected chi connectivity index (χ3v) is 2.17. The third-order valence-electron chi connectivity index (χ3n) is 2.17. The second-order valence-corrected chi connectivity index (χ2v) is 3.10. The number of hydroxylamine groups is 2. The van der Waals surface area contributed by atoms with Crippen LogP contribution in [-0.4, -0.2) is 7.05 Å². The average Bonchev–Trinajstić information content (AvgIpc) is 2.17. The van der Waals surface area contributed by atoms with Gasteiger partial charge in [0, 0.05) is 12.5 Å². The van der Waals surface area contributed by atoms with Gasteiger partial charge in [-0.3, -0.25) is 0 Å². The topological polar surface area (TPSA) is 36.7 Å². The Bertz CT molecular complexity index is 335. The summed E-state index contributed by atoms with van der Waals surface area (Å²) < 4.78 is 5.04. The molecule has 0 aromatic heterocycles. The van der Waals surface area contributed by atoms with Crippen LogP contribution in [0.1, 0.15) is 6.42 Å². The first-order chi connectivity index (χ1) is 6.27. The minimum atomic E-state index is 0.117. The van der Waals surface area contributed by atoms with Gasteiger partial charge in [0.2, 0.25) is 0 Å². The van der Waals surface area contributed by atoms with Crippen molar-refractivity contribution in [2.24, 2.45) is 0 Å². The van der Waals surface area contributed by atoms with Crippen molar-refractivity contribution in [2.45, 2.75) is 6.42 Å². The fourth-order valence-electron chi connectivity index (χ4n) is 1.41. The van der Waals surface area contributed by atoms with E-state index in [-0.39, 0.29) is 5.06 Å². The quantitative estimate of drug-likeness (QED) is 0.597. The lowest BCUT2D eigenvalue weighted by atomic mass is 9.97. The SMILES string of the molecule is C[NH+]([O-])C1=CCC2=COC=CC2=C1. The number of allylic oxidation sites excluding steroid dienone is 5. The predicted octanol–water partition coefficient (Wildman–Crippen LogP) is 0.641. The molecular weight excluding hydrogens is 166 g/mol. The summed E-state index contributed by atoms with van der Waals surface area (Å²) in [6.45, 7) is 0. The van der Waals surface area contributed by atoms with Gasteiger partial charge in [-0.05, 0) is 23.3 Å². The van der Waals surface area contributed by atoms with Crippen LogP contribution in [0.15, 0.2) is 47.6 Å². The summed E-state index contributed by atoms with van der Waals surface area (Å²) in [4.78, 5) is 0. The maximum Gasteiger partial charge on any atom is 0.127 e. The molecule has 3 heteroatoms. The van der Waals surface area contributed by atoms with Crippen LogP contribution in [-0.2, 0) is 4.74 Å². The molecule has 0 aromatic carbocycles. The average molecular weight is 177 g/mol. The molecule has 2 rings (SSSR count). The fraction of sp³-hybridized carbons (Fsp3) is 0.200. The van der Waals surface area contributed by atoms with E-state index >= 15 is 0 Å². The van der Waals surface area contributed by atoms with Crippen molar-refractivity contribution >= 4 is 0 Å². The summed E-state index contributed by atoms with van der Waals surface area (Å²) in [5, 5.41) is 11.2. The molecule has 1 heterocycles.